The highest BCUT2D eigenvalue weighted by molar-refractivity contribution is 5.21. The molecule has 0 aromatic heterocycles. The van der Waals surface area contributed by atoms with Gasteiger partial charge in [0.15, 0.2) is 0 Å². The third kappa shape index (κ3) is 5.66. The van der Waals surface area contributed by atoms with Crippen molar-refractivity contribution in [1.29, 1.82) is 0 Å². The maximum absolute atomic E-state index is 13.6. The minimum Gasteiger partial charge on any atom is -0.271 e. The molecule has 0 saturated carbocycles. The molecule has 0 heterocycles. The molecule has 0 aliphatic heterocycles. The summed E-state index contributed by atoms with van der Waals surface area (Å²) in [4.78, 5) is 0. The second-order valence-corrected chi connectivity index (χ2v) is 4.94. The van der Waals surface area contributed by atoms with Gasteiger partial charge >= 0.3 is 0 Å². The van der Waals surface area contributed by atoms with Gasteiger partial charge in [0.05, 0.1) is 0 Å². The predicted octanol–water partition coefficient (Wildman–Crippen LogP) is 4.22. The Labute approximate surface area is 114 Å². The van der Waals surface area contributed by atoms with Crippen molar-refractivity contribution >= 4 is 0 Å². The van der Waals surface area contributed by atoms with E-state index in [4.69, 9.17) is 5.84 Å². The average molecular weight is 270 g/mol. The Bertz CT molecular complexity index is 369. The summed E-state index contributed by atoms with van der Waals surface area (Å²) in [5.41, 5.74) is 3.06. The molecule has 4 heteroatoms. The summed E-state index contributed by atoms with van der Waals surface area (Å²) in [7, 11) is 0. The molecule has 0 bridgehead atoms. The summed E-state index contributed by atoms with van der Waals surface area (Å²) in [6.07, 6.45) is 7.85. The molecule has 1 aromatic carbocycles. The van der Waals surface area contributed by atoms with Crippen molar-refractivity contribution in [3.8, 4) is 0 Å². The van der Waals surface area contributed by atoms with Crippen molar-refractivity contribution in [2.24, 2.45) is 5.84 Å². The van der Waals surface area contributed by atoms with Crippen molar-refractivity contribution in [1.82, 2.24) is 5.43 Å². The smallest absolute Gasteiger partial charge is 0.130 e. The van der Waals surface area contributed by atoms with Gasteiger partial charge in [-0.15, -0.1) is 0 Å². The van der Waals surface area contributed by atoms with Crippen molar-refractivity contribution in [2.45, 2.75) is 57.9 Å². The number of hydrazine groups is 1. The predicted molar refractivity (Wildman–Crippen MR) is 74.4 cm³/mol. The lowest BCUT2D eigenvalue weighted by atomic mass is 9.99. The quantitative estimate of drug-likeness (QED) is 0.400. The highest BCUT2D eigenvalue weighted by Gasteiger charge is 2.14. The van der Waals surface area contributed by atoms with E-state index in [0.29, 0.717) is 5.56 Å². The Morgan fingerprint density at radius 3 is 2.42 bits per heavy atom. The maximum atomic E-state index is 13.6. The summed E-state index contributed by atoms with van der Waals surface area (Å²) < 4.78 is 26.5. The average Bonchev–Trinajstić information content (AvgIpc) is 2.39. The van der Waals surface area contributed by atoms with Crippen LogP contribution in [0.2, 0.25) is 0 Å². The van der Waals surface area contributed by atoms with Crippen LogP contribution in [0.1, 0.15) is 63.5 Å². The molecule has 0 spiro atoms. The van der Waals surface area contributed by atoms with Crippen LogP contribution in [0.3, 0.4) is 0 Å². The lowest BCUT2D eigenvalue weighted by Crippen LogP contribution is -2.28. The summed E-state index contributed by atoms with van der Waals surface area (Å²) in [6, 6.07) is 3.39. The highest BCUT2D eigenvalue weighted by Crippen LogP contribution is 2.23. The Morgan fingerprint density at radius 1 is 1.11 bits per heavy atom. The maximum Gasteiger partial charge on any atom is 0.130 e. The van der Waals surface area contributed by atoms with Gasteiger partial charge in [0, 0.05) is 17.7 Å². The van der Waals surface area contributed by atoms with Gasteiger partial charge in [-0.1, -0.05) is 51.5 Å². The minimum absolute atomic E-state index is 0.244. The van der Waals surface area contributed by atoms with Crippen LogP contribution >= 0.6 is 0 Å². The van der Waals surface area contributed by atoms with Gasteiger partial charge in [0.1, 0.15) is 11.6 Å². The van der Waals surface area contributed by atoms with Gasteiger partial charge < -0.3 is 0 Å². The van der Waals surface area contributed by atoms with Crippen molar-refractivity contribution < 1.29 is 8.78 Å². The van der Waals surface area contributed by atoms with E-state index in [9.17, 15) is 8.78 Å². The van der Waals surface area contributed by atoms with Crippen molar-refractivity contribution in [3.63, 3.8) is 0 Å². The Morgan fingerprint density at radius 2 is 1.79 bits per heavy atom. The van der Waals surface area contributed by atoms with Gasteiger partial charge in [-0.3, -0.25) is 11.3 Å². The number of rotatable bonds is 9. The van der Waals surface area contributed by atoms with E-state index in [0.717, 1.165) is 25.3 Å². The monoisotopic (exact) mass is 270 g/mol. The number of hydrogen-bond acceptors (Lipinski definition) is 2. The number of hydrogen-bond donors (Lipinski definition) is 2. The van der Waals surface area contributed by atoms with Gasteiger partial charge in [-0.2, -0.15) is 0 Å². The fraction of sp³-hybridized carbons (Fsp3) is 0.600. The molecule has 1 atom stereocenters. The standard InChI is InChI=1S/C15H24F2N2/c1-2-3-4-5-6-7-8-15(19-18)13-10-9-12(16)11-14(13)17/h9-11,15,19H,2-8,18H2,1H3. The Kier molecular flexibility index (Phi) is 7.60. The molecule has 2 nitrogen and oxygen atoms in total. The number of nitrogens with one attached hydrogen (secondary N) is 1. The normalized spacial score (nSPS) is 12.6. The van der Waals surface area contributed by atoms with Gasteiger partial charge in [0.25, 0.3) is 0 Å². The molecule has 1 unspecified atom stereocenters. The third-order valence-corrected chi connectivity index (χ3v) is 3.39. The van der Waals surface area contributed by atoms with E-state index in [-0.39, 0.29) is 6.04 Å². The van der Waals surface area contributed by atoms with Crippen LogP contribution in [-0.4, -0.2) is 0 Å². The molecule has 3 N–H and O–H groups in total. The Balaban J connectivity index is 2.40. The van der Waals surface area contributed by atoms with Gasteiger partial charge in [-0.25, -0.2) is 8.78 Å². The number of benzene rings is 1. The molecular weight excluding hydrogens is 246 g/mol. The van der Waals surface area contributed by atoms with Crippen LogP contribution in [-0.2, 0) is 0 Å². The fourth-order valence-corrected chi connectivity index (χ4v) is 2.24. The molecule has 0 fully saturated rings. The molecule has 0 aliphatic carbocycles. The van der Waals surface area contributed by atoms with E-state index >= 15 is 0 Å². The lowest BCUT2D eigenvalue weighted by Gasteiger charge is -2.17. The zero-order valence-corrected chi connectivity index (χ0v) is 11.6. The topological polar surface area (TPSA) is 38.0 Å². The van der Waals surface area contributed by atoms with E-state index in [1.165, 1.54) is 37.8 Å². The fourth-order valence-electron chi connectivity index (χ4n) is 2.24. The first kappa shape index (κ1) is 16.1. The van der Waals surface area contributed by atoms with Crippen LogP contribution in [0.25, 0.3) is 0 Å². The van der Waals surface area contributed by atoms with Crippen molar-refractivity contribution in [2.75, 3.05) is 0 Å². The van der Waals surface area contributed by atoms with Crippen LogP contribution < -0.4 is 11.3 Å². The van der Waals surface area contributed by atoms with E-state index in [2.05, 4.69) is 12.3 Å². The zero-order valence-electron chi connectivity index (χ0n) is 11.6. The second kappa shape index (κ2) is 8.99. The molecule has 1 aromatic rings. The molecular formula is C15H24F2N2. The number of nitrogens with two attached hydrogens (primary N) is 1. The zero-order chi connectivity index (χ0) is 14.1. The summed E-state index contributed by atoms with van der Waals surface area (Å²) in [6.45, 7) is 2.19. The molecule has 0 radical (unpaired) electrons. The first-order valence-electron chi connectivity index (χ1n) is 7.10. The second-order valence-electron chi connectivity index (χ2n) is 4.94. The van der Waals surface area contributed by atoms with Crippen LogP contribution in [0.4, 0.5) is 8.78 Å². The third-order valence-electron chi connectivity index (χ3n) is 3.39. The van der Waals surface area contributed by atoms with Gasteiger partial charge in [0.2, 0.25) is 0 Å². The molecule has 19 heavy (non-hydrogen) atoms. The lowest BCUT2D eigenvalue weighted by molar-refractivity contribution is 0.454. The summed E-state index contributed by atoms with van der Waals surface area (Å²) in [5.74, 6) is 4.37. The molecule has 108 valence electrons. The van der Waals surface area contributed by atoms with E-state index in [1.54, 1.807) is 0 Å². The van der Waals surface area contributed by atoms with E-state index in [1.807, 2.05) is 0 Å². The van der Waals surface area contributed by atoms with E-state index < -0.39 is 11.6 Å². The SMILES string of the molecule is CCCCCCCCC(NN)c1ccc(F)cc1F. The molecule has 0 aliphatic rings. The number of halogens is 2. The summed E-state index contributed by atoms with van der Waals surface area (Å²) >= 11 is 0. The first-order valence-corrected chi connectivity index (χ1v) is 7.10. The highest BCUT2D eigenvalue weighted by atomic mass is 19.1. The van der Waals surface area contributed by atoms with Crippen LogP contribution in [0, 0.1) is 11.6 Å². The van der Waals surface area contributed by atoms with Gasteiger partial charge in [-0.05, 0) is 12.5 Å². The Hall–Kier alpha value is -1.00. The molecule has 0 amide bonds. The van der Waals surface area contributed by atoms with Crippen LogP contribution in [0.5, 0.6) is 0 Å². The summed E-state index contributed by atoms with van der Waals surface area (Å²) in [5, 5.41) is 0. The largest absolute Gasteiger partial charge is 0.271 e. The van der Waals surface area contributed by atoms with Crippen molar-refractivity contribution in [3.05, 3.63) is 35.4 Å². The minimum atomic E-state index is -0.559. The molecule has 1 rings (SSSR count). The first-order chi connectivity index (χ1) is 9.19. The molecule has 0 saturated heterocycles. The number of unbranched alkanes of at least 4 members (excludes halogenated alkanes) is 5. The van der Waals surface area contributed by atoms with Crippen LogP contribution in [0.15, 0.2) is 18.2 Å².